The van der Waals surface area contributed by atoms with Crippen molar-refractivity contribution in [2.24, 2.45) is 11.3 Å². The number of carbonyl (C=O) groups is 1. The van der Waals surface area contributed by atoms with Crippen molar-refractivity contribution in [2.45, 2.75) is 64.6 Å². The summed E-state index contributed by atoms with van der Waals surface area (Å²) in [4.78, 5) is 12.2. The van der Waals surface area contributed by atoms with Gasteiger partial charge in [0.2, 0.25) is 0 Å². The highest BCUT2D eigenvalue weighted by molar-refractivity contribution is 5.99. The summed E-state index contributed by atoms with van der Waals surface area (Å²) in [6.07, 6.45) is 4.89. The molecule has 2 rings (SSSR count). The highest BCUT2D eigenvalue weighted by atomic mass is 16.3. The second kappa shape index (κ2) is 3.91. The normalized spacial score (nSPS) is 41.3. The molecule has 3 heteroatoms. The lowest BCUT2D eigenvalue weighted by atomic mass is 9.54. The molecule has 3 atom stereocenters. The van der Waals surface area contributed by atoms with Crippen LogP contribution < -0.4 is 0 Å². The first-order chi connectivity index (χ1) is 8.10. The molecular formula is C15H24O3. The van der Waals surface area contributed by atoms with Crippen LogP contribution in [0, 0.1) is 11.3 Å². The van der Waals surface area contributed by atoms with Crippen molar-refractivity contribution in [3.05, 3.63) is 11.6 Å². The molecule has 3 unspecified atom stereocenters. The smallest absolute Gasteiger partial charge is 0.162 e. The largest absolute Gasteiger partial charge is 0.386 e. The lowest BCUT2D eigenvalue weighted by molar-refractivity contribution is -0.141. The lowest BCUT2D eigenvalue weighted by Crippen LogP contribution is -2.57. The number of aliphatic hydroxyl groups is 2. The molecule has 0 aromatic heterocycles. The van der Waals surface area contributed by atoms with Crippen LogP contribution in [0.3, 0.4) is 0 Å². The molecule has 1 fully saturated rings. The number of fused-ring (bicyclic) bond motifs is 1. The third-order valence-electron chi connectivity index (χ3n) is 4.96. The van der Waals surface area contributed by atoms with Gasteiger partial charge in [0.05, 0.1) is 11.2 Å². The molecule has 0 aliphatic heterocycles. The Morgan fingerprint density at radius 1 is 1.44 bits per heavy atom. The molecule has 0 radical (unpaired) electrons. The van der Waals surface area contributed by atoms with E-state index in [0.29, 0.717) is 12.0 Å². The van der Waals surface area contributed by atoms with Crippen molar-refractivity contribution in [3.63, 3.8) is 0 Å². The van der Waals surface area contributed by atoms with Gasteiger partial charge in [0.25, 0.3) is 0 Å². The summed E-state index contributed by atoms with van der Waals surface area (Å²) < 4.78 is 0. The maximum atomic E-state index is 12.2. The molecule has 18 heavy (non-hydrogen) atoms. The number of hydrogen-bond donors (Lipinski definition) is 2. The first-order valence-corrected chi connectivity index (χ1v) is 6.81. The predicted octanol–water partition coefficient (Wildman–Crippen LogP) is 2.21. The number of hydrogen-bond acceptors (Lipinski definition) is 3. The molecule has 0 heterocycles. The molecule has 0 aromatic rings. The number of carbonyl (C=O) groups excluding carboxylic acids is 1. The Kier molecular flexibility index (Phi) is 2.99. The van der Waals surface area contributed by atoms with Gasteiger partial charge in [0, 0.05) is 17.4 Å². The van der Waals surface area contributed by atoms with Gasteiger partial charge < -0.3 is 10.2 Å². The van der Waals surface area contributed by atoms with Crippen LogP contribution in [0.2, 0.25) is 0 Å². The fraction of sp³-hybridized carbons (Fsp3) is 0.800. The summed E-state index contributed by atoms with van der Waals surface area (Å²) in [6.45, 7) is 7.25. The Labute approximate surface area is 109 Å². The minimum Gasteiger partial charge on any atom is -0.386 e. The van der Waals surface area contributed by atoms with E-state index in [9.17, 15) is 15.0 Å². The minimum absolute atomic E-state index is 0.0243. The Balaban J connectivity index is 2.53. The van der Waals surface area contributed by atoms with Gasteiger partial charge in [-0.25, -0.2) is 0 Å². The Morgan fingerprint density at radius 2 is 2.06 bits per heavy atom. The second-order valence-corrected chi connectivity index (χ2v) is 6.90. The summed E-state index contributed by atoms with van der Waals surface area (Å²) in [5, 5.41) is 21.1. The first-order valence-electron chi connectivity index (χ1n) is 6.81. The zero-order chi connectivity index (χ0) is 13.8. The van der Waals surface area contributed by atoms with Gasteiger partial charge in [0.1, 0.15) is 0 Å². The Hall–Kier alpha value is -0.670. The van der Waals surface area contributed by atoms with Gasteiger partial charge in [-0.2, -0.15) is 0 Å². The number of rotatable bonds is 1. The van der Waals surface area contributed by atoms with Crippen LogP contribution in [0.5, 0.6) is 0 Å². The lowest BCUT2D eigenvalue weighted by Gasteiger charge is -2.53. The highest BCUT2D eigenvalue weighted by Gasteiger charge is 2.55. The summed E-state index contributed by atoms with van der Waals surface area (Å²) in [7, 11) is 0. The van der Waals surface area contributed by atoms with Crippen molar-refractivity contribution in [3.8, 4) is 0 Å². The van der Waals surface area contributed by atoms with E-state index < -0.39 is 11.2 Å². The van der Waals surface area contributed by atoms with Crippen molar-refractivity contribution in [1.82, 2.24) is 0 Å². The summed E-state index contributed by atoms with van der Waals surface area (Å²) in [5.41, 5.74) is -2.15. The minimum atomic E-state index is -1.18. The fourth-order valence-electron chi connectivity index (χ4n) is 3.63. The molecular weight excluding hydrogens is 228 g/mol. The topological polar surface area (TPSA) is 57.5 Å². The fourth-order valence-corrected chi connectivity index (χ4v) is 3.63. The van der Waals surface area contributed by atoms with Crippen molar-refractivity contribution in [1.29, 1.82) is 0 Å². The molecule has 0 amide bonds. The molecule has 0 bridgehead atoms. The SMILES string of the molecule is CC1CCCC2(C)CC(=O)C(C(C)(C)O)=CC12O. The van der Waals surface area contributed by atoms with E-state index in [1.807, 2.05) is 13.8 Å². The zero-order valence-corrected chi connectivity index (χ0v) is 11.8. The van der Waals surface area contributed by atoms with Gasteiger partial charge in [0.15, 0.2) is 5.78 Å². The third-order valence-corrected chi connectivity index (χ3v) is 4.96. The van der Waals surface area contributed by atoms with Crippen molar-refractivity contribution < 1.29 is 15.0 Å². The summed E-state index contributed by atoms with van der Waals surface area (Å²) in [5.74, 6) is 0.102. The molecule has 102 valence electrons. The third kappa shape index (κ3) is 1.84. The molecule has 0 spiro atoms. The first kappa shape index (κ1) is 13.8. The van der Waals surface area contributed by atoms with E-state index in [4.69, 9.17) is 0 Å². The average Bonchev–Trinajstić information content (AvgIpc) is 2.20. The molecule has 0 saturated heterocycles. The highest BCUT2D eigenvalue weighted by Crippen LogP contribution is 2.54. The number of ketones is 1. The zero-order valence-electron chi connectivity index (χ0n) is 11.8. The molecule has 2 N–H and O–H groups in total. The van der Waals surface area contributed by atoms with Crippen molar-refractivity contribution in [2.75, 3.05) is 0 Å². The van der Waals surface area contributed by atoms with Gasteiger partial charge in [-0.05, 0) is 38.7 Å². The standard InChI is InChI=1S/C15H24O3/c1-10-6-5-7-14(4)9-12(16)11(13(2,3)17)8-15(10,14)18/h8,10,17-18H,5-7,9H2,1-4H3. The molecule has 3 nitrogen and oxygen atoms in total. The quantitative estimate of drug-likeness (QED) is 0.752. The summed E-state index contributed by atoms with van der Waals surface area (Å²) in [6, 6.07) is 0. The number of Topliss-reactive ketones (excluding diaryl/α,β-unsaturated/α-hetero) is 1. The molecule has 2 aliphatic carbocycles. The second-order valence-electron chi connectivity index (χ2n) is 6.90. The Morgan fingerprint density at radius 3 is 2.61 bits per heavy atom. The van der Waals surface area contributed by atoms with Crippen LogP contribution in [-0.2, 0) is 4.79 Å². The van der Waals surface area contributed by atoms with E-state index in [0.717, 1.165) is 19.3 Å². The van der Waals surface area contributed by atoms with Crippen LogP contribution in [0.15, 0.2) is 11.6 Å². The van der Waals surface area contributed by atoms with E-state index in [1.165, 1.54) is 0 Å². The van der Waals surface area contributed by atoms with E-state index in [-0.39, 0.29) is 17.1 Å². The van der Waals surface area contributed by atoms with Gasteiger partial charge in [-0.1, -0.05) is 20.3 Å². The maximum Gasteiger partial charge on any atom is 0.162 e. The van der Waals surface area contributed by atoms with Gasteiger partial charge in [-0.3, -0.25) is 4.79 Å². The summed E-state index contributed by atoms with van der Waals surface area (Å²) >= 11 is 0. The van der Waals surface area contributed by atoms with Gasteiger partial charge in [-0.15, -0.1) is 0 Å². The van der Waals surface area contributed by atoms with E-state index in [2.05, 4.69) is 0 Å². The molecule has 1 saturated carbocycles. The maximum absolute atomic E-state index is 12.2. The van der Waals surface area contributed by atoms with E-state index >= 15 is 0 Å². The van der Waals surface area contributed by atoms with Crippen LogP contribution in [0.4, 0.5) is 0 Å². The van der Waals surface area contributed by atoms with Crippen molar-refractivity contribution >= 4 is 5.78 Å². The molecule has 2 aliphatic rings. The van der Waals surface area contributed by atoms with Crippen LogP contribution in [0.25, 0.3) is 0 Å². The average molecular weight is 252 g/mol. The van der Waals surface area contributed by atoms with Gasteiger partial charge >= 0.3 is 0 Å². The Bertz CT molecular complexity index is 404. The van der Waals surface area contributed by atoms with Crippen LogP contribution in [-0.4, -0.2) is 27.2 Å². The van der Waals surface area contributed by atoms with Crippen LogP contribution in [0.1, 0.15) is 53.4 Å². The molecule has 0 aromatic carbocycles. The monoisotopic (exact) mass is 252 g/mol. The van der Waals surface area contributed by atoms with E-state index in [1.54, 1.807) is 19.9 Å². The predicted molar refractivity (Wildman–Crippen MR) is 70.1 cm³/mol. The van der Waals surface area contributed by atoms with Crippen LogP contribution >= 0.6 is 0 Å².